The number of benzene rings is 1. The van der Waals surface area contributed by atoms with Crippen LogP contribution in [0.25, 0.3) is 5.69 Å². The van der Waals surface area contributed by atoms with Crippen LogP contribution in [0.3, 0.4) is 0 Å². The molecule has 0 aliphatic rings. The highest BCUT2D eigenvalue weighted by molar-refractivity contribution is 6.31. The topological polar surface area (TPSA) is 55.1 Å². The zero-order chi connectivity index (χ0) is 11.7. The number of rotatable bonds is 1. The van der Waals surface area contributed by atoms with E-state index in [0.29, 0.717) is 10.7 Å². The van der Waals surface area contributed by atoms with Gasteiger partial charge in [-0.05, 0) is 18.2 Å². The van der Waals surface area contributed by atoms with Gasteiger partial charge in [0.05, 0.1) is 11.9 Å². The molecule has 0 unspecified atom stereocenters. The molecule has 1 aromatic heterocycles. The molecule has 0 radical (unpaired) electrons. The molecule has 0 aliphatic carbocycles. The van der Waals surface area contributed by atoms with E-state index in [1.54, 1.807) is 24.3 Å². The van der Waals surface area contributed by atoms with E-state index in [1.165, 1.54) is 0 Å². The summed E-state index contributed by atoms with van der Waals surface area (Å²) in [5, 5.41) is 13.2. The van der Waals surface area contributed by atoms with Crippen LogP contribution < -0.4 is 5.56 Å². The van der Waals surface area contributed by atoms with E-state index in [1.807, 2.05) is 0 Å². The van der Waals surface area contributed by atoms with E-state index >= 15 is 0 Å². The third-order valence-electron chi connectivity index (χ3n) is 1.95. The number of hydrogen-bond acceptors (Lipinski definition) is 3. The fraction of sp³-hybridized carbons (Fsp3) is 0. The number of aromatic nitrogens is 2. The quantitative estimate of drug-likeness (QED) is 0.852. The van der Waals surface area contributed by atoms with E-state index in [-0.39, 0.29) is 10.8 Å². The lowest BCUT2D eigenvalue weighted by atomic mass is 10.3. The Labute approximate surface area is 101 Å². The highest BCUT2D eigenvalue weighted by atomic mass is 35.5. The van der Waals surface area contributed by atoms with Gasteiger partial charge in [-0.2, -0.15) is 9.78 Å². The van der Waals surface area contributed by atoms with Gasteiger partial charge in [0.25, 0.3) is 5.56 Å². The first-order chi connectivity index (χ1) is 7.59. The Morgan fingerprint density at radius 3 is 2.75 bits per heavy atom. The van der Waals surface area contributed by atoms with Crippen molar-refractivity contribution in [3.05, 3.63) is 50.9 Å². The molecule has 0 bridgehead atoms. The van der Waals surface area contributed by atoms with E-state index in [4.69, 9.17) is 23.2 Å². The number of aromatic hydroxyl groups is 1. The van der Waals surface area contributed by atoms with Gasteiger partial charge in [-0.15, -0.1) is 0 Å². The van der Waals surface area contributed by atoms with Crippen molar-refractivity contribution in [1.29, 1.82) is 0 Å². The highest BCUT2D eigenvalue weighted by Crippen LogP contribution is 2.18. The minimum Gasteiger partial charge on any atom is -0.505 e. The molecule has 0 spiro atoms. The predicted molar refractivity (Wildman–Crippen MR) is 61.5 cm³/mol. The molecule has 82 valence electrons. The zero-order valence-electron chi connectivity index (χ0n) is 7.89. The second-order valence-electron chi connectivity index (χ2n) is 3.04. The summed E-state index contributed by atoms with van der Waals surface area (Å²) in [6.45, 7) is 0. The van der Waals surface area contributed by atoms with Gasteiger partial charge >= 0.3 is 0 Å². The maximum Gasteiger partial charge on any atom is 0.294 e. The minimum atomic E-state index is -0.594. The van der Waals surface area contributed by atoms with Crippen molar-refractivity contribution in [3.8, 4) is 11.4 Å². The average Bonchev–Trinajstić information content (AvgIpc) is 2.26. The van der Waals surface area contributed by atoms with Crippen LogP contribution in [0.15, 0.2) is 35.3 Å². The third-order valence-corrected chi connectivity index (χ3v) is 2.54. The molecule has 1 heterocycles. The lowest BCUT2D eigenvalue weighted by Crippen LogP contribution is -2.20. The minimum absolute atomic E-state index is 0.269. The van der Waals surface area contributed by atoms with Crippen LogP contribution in [-0.4, -0.2) is 14.9 Å². The fourth-order valence-electron chi connectivity index (χ4n) is 1.22. The predicted octanol–water partition coefficient (Wildman–Crippen LogP) is 2.24. The number of halogens is 2. The molecule has 0 amide bonds. The van der Waals surface area contributed by atoms with Crippen molar-refractivity contribution in [2.24, 2.45) is 0 Å². The summed E-state index contributed by atoms with van der Waals surface area (Å²) < 4.78 is 1.06. The number of nitrogens with zero attached hydrogens (tertiary/aromatic N) is 2. The van der Waals surface area contributed by atoms with Crippen LogP contribution in [-0.2, 0) is 0 Å². The van der Waals surface area contributed by atoms with Gasteiger partial charge < -0.3 is 5.11 Å². The normalized spacial score (nSPS) is 10.4. The second-order valence-corrected chi connectivity index (χ2v) is 3.86. The van der Waals surface area contributed by atoms with Crippen molar-refractivity contribution in [2.75, 3.05) is 0 Å². The van der Waals surface area contributed by atoms with Crippen molar-refractivity contribution in [2.45, 2.75) is 0 Å². The lowest BCUT2D eigenvalue weighted by Gasteiger charge is -2.05. The molecule has 0 atom stereocenters. The molecule has 2 rings (SSSR count). The van der Waals surface area contributed by atoms with Gasteiger partial charge in [-0.1, -0.05) is 29.3 Å². The molecule has 4 nitrogen and oxygen atoms in total. The molecular formula is C10H6Cl2N2O2. The molecule has 0 saturated carbocycles. The smallest absolute Gasteiger partial charge is 0.294 e. The first-order valence-electron chi connectivity index (χ1n) is 4.32. The summed E-state index contributed by atoms with van der Waals surface area (Å²) in [7, 11) is 0. The van der Waals surface area contributed by atoms with Gasteiger partial charge in [-0.25, -0.2) is 0 Å². The molecule has 16 heavy (non-hydrogen) atoms. The first kappa shape index (κ1) is 11.0. The van der Waals surface area contributed by atoms with Crippen LogP contribution in [0.5, 0.6) is 5.75 Å². The fourth-order valence-corrected chi connectivity index (χ4v) is 1.53. The third kappa shape index (κ3) is 1.89. The molecule has 0 saturated heterocycles. The summed E-state index contributed by atoms with van der Waals surface area (Å²) in [4.78, 5) is 11.7. The van der Waals surface area contributed by atoms with Gasteiger partial charge in [0.1, 0.15) is 0 Å². The molecule has 1 aromatic carbocycles. The molecule has 6 heteroatoms. The second kappa shape index (κ2) is 4.15. The summed E-state index contributed by atoms with van der Waals surface area (Å²) in [6.07, 6.45) is 1.10. The molecule has 0 fully saturated rings. The monoisotopic (exact) mass is 256 g/mol. The standard InChI is InChI=1S/C10H6Cl2N2O2/c11-6-2-1-3-7(4-6)14-10(16)9(12)8(15)5-13-14/h1-5,15H. The Morgan fingerprint density at radius 1 is 1.31 bits per heavy atom. The SMILES string of the molecule is O=c1c(Cl)c(O)cnn1-c1cccc(Cl)c1. The number of hydrogen-bond donors (Lipinski definition) is 1. The van der Waals surface area contributed by atoms with E-state index in [2.05, 4.69) is 5.10 Å². The lowest BCUT2D eigenvalue weighted by molar-refractivity contribution is 0.467. The van der Waals surface area contributed by atoms with Crippen molar-refractivity contribution in [3.63, 3.8) is 0 Å². The largest absolute Gasteiger partial charge is 0.505 e. The van der Waals surface area contributed by atoms with Crippen LogP contribution in [0.2, 0.25) is 10.0 Å². The van der Waals surface area contributed by atoms with Gasteiger partial charge in [0.2, 0.25) is 0 Å². The van der Waals surface area contributed by atoms with Gasteiger partial charge in [0.15, 0.2) is 10.8 Å². The first-order valence-corrected chi connectivity index (χ1v) is 5.08. The van der Waals surface area contributed by atoms with Crippen molar-refractivity contribution in [1.82, 2.24) is 9.78 Å². The van der Waals surface area contributed by atoms with Crippen LogP contribution >= 0.6 is 23.2 Å². The molecule has 2 aromatic rings. The van der Waals surface area contributed by atoms with Gasteiger partial charge in [-0.3, -0.25) is 4.79 Å². The summed E-state index contributed by atoms with van der Waals surface area (Å²) in [6, 6.07) is 6.60. The summed E-state index contributed by atoms with van der Waals surface area (Å²) >= 11 is 11.4. The Kier molecular flexibility index (Phi) is 2.85. The zero-order valence-corrected chi connectivity index (χ0v) is 9.40. The maximum absolute atomic E-state index is 11.7. The summed E-state index contributed by atoms with van der Waals surface area (Å²) in [5.74, 6) is -0.343. The van der Waals surface area contributed by atoms with Crippen LogP contribution in [0.4, 0.5) is 0 Å². The molecular weight excluding hydrogens is 251 g/mol. The van der Waals surface area contributed by atoms with E-state index in [9.17, 15) is 9.90 Å². The van der Waals surface area contributed by atoms with Crippen LogP contribution in [0.1, 0.15) is 0 Å². The average molecular weight is 257 g/mol. The van der Waals surface area contributed by atoms with E-state index < -0.39 is 5.56 Å². The van der Waals surface area contributed by atoms with Gasteiger partial charge in [0, 0.05) is 5.02 Å². The maximum atomic E-state index is 11.7. The Hall–Kier alpha value is -1.52. The van der Waals surface area contributed by atoms with Crippen LogP contribution in [0, 0.1) is 0 Å². The Bertz CT molecular complexity index is 596. The Morgan fingerprint density at radius 2 is 2.06 bits per heavy atom. The van der Waals surface area contributed by atoms with E-state index in [0.717, 1.165) is 10.9 Å². The van der Waals surface area contributed by atoms with Crippen molar-refractivity contribution >= 4 is 23.2 Å². The highest BCUT2D eigenvalue weighted by Gasteiger charge is 2.09. The molecule has 0 aliphatic heterocycles. The van der Waals surface area contributed by atoms with Crippen molar-refractivity contribution < 1.29 is 5.11 Å². The molecule has 1 N–H and O–H groups in total. The Balaban J connectivity index is 2.66. The summed E-state index contributed by atoms with van der Waals surface area (Å²) in [5.41, 5.74) is -0.108.